The Hall–Kier alpha value is -3.30. The van der Waals surface area contributed by atoms with Crippen LogP contribution in [-0.4, -0.2) is 62.2 Å². The number of nitrogens with zero attached hydrogens (tertiary/aromatic N) is 3. The highest BCUT2D eigenvalue weighted by Crippen LogP contribution is 2.31. The molecule has 0 bridgehead atoms. The largest absolute Gasteiger partial charge is 0.471 e. The molecule has 170 valence electrons. The topological polar surface area (TPSA) is 184 Å². The molecule has 1 saturated carbocycles. The van der Waals surface area contributed by atoms with Gasteiger partial charge in [-0.1, -0.05) is 12.1 Å². The maximum Gasteiger partial charge on any atom is 0.284 e. The average molecular weight is 443 g/mol. The molecule has 1 aliphatic rings. The van der Waals surface area contributed by atoms with Gasteiger partial charge >= 0.3 is 0 Å². The van der Waals surface area contributed by atoms with Crippen LogP contribution in [0.2, 0.25) is 0 Å². The number of carbonyl (C=O) groups excluding carboxylic acids is 1. The maximum atomic E-state index is 12.7. The van der Waals surface area contributed by atoms with Crippen LogP contribution in [0.25, 0.3) is 11.4 Å². The zero-order valence-corrected chi connectivity index (χ0v) is 17.5. The Morgan fingerprint density at radius 3 is 2.78 bits per heavy atom. The number of nitrogens with two attached hydrogens (primary N) is 1. The smallest absolute Gasteiger partial charge is 0.284 e. The van der Waals surface area contributed by atoms with E-state index in [4.69, 9.17) is 20.6 Å². The first kappa shape index (κ1) is 23.4. The van der Waals surface area contributed by atoms with Crippen LogP contribution in [0, 0.1) is 11.3 Å². The summed E-state index contributed by atoms with van der Waals surface area (Å²) in [5, 5.41) is 38.3. The number of rotatable bonds is 9. The minimum absolute atomic E-state index is 0.0889. The fourth-order valence-corrected chi connectivity index (χ4v) is 3.03. The molecule has 3 rings (SSSR count). The lowest BCUT2D eigenvalue weighted by atomic mass is 9.81. The Morgan fingerprint density at radius 2 is 2.16 bits per heavy atom. The molecule has 0 spiro atoms. The molecule has 11 nitrogen and oxygen atoms in total. The fraction of sp³-hybridized carbons (Fsp3) is 0.429. The number of ether oxygens (including phenoxy) is 1. The van der Waals surface area contributed by atoms with E-state index in [-0.39, 0.29) is 29.7 Å². The highest BCUT2D eigenvalue weighted by Gasteiger charge is 2.35. The van der Waals surface area contributed by atoms with Crippen LogP contribution in [0.4, 0.5) is 5.82 Å². The molecule has 11 heteroatoms. The zero-order valence-electron chi connectivity index (χ0n) is 17.5. The summed E-state index contributed by atoms with van der Waals surface area (Å²) in [6.45, 7) is 0.829. The molecule has 1 aromatic heterocycles. The highest BCUT2D eigenvalue weighted by atomic mass is 16.7. The Morgan fingerprint density at radius 1 is 1.41 bits per heavy atom. The van der Waals surface area contributed by atoms with Gasteiger partial charge in [0, 0.05) is 5.56 Å². The summed E-state index contributed by atoms with van der Waals surface area (Å²) in [7, 11) is 0. The lowest BCUT2D eigenvalue weighted by Gasteiger charge is -2.35. The van der Waals surface area contributed by atoms with E-state index in [2.05, 4.69) is 15.4 Å². The molecule has 6 N–H and O–H groups in total. The van der Waals surface area contributed by atoms with Gasteiger partial charge < -0.3 is 25.8 Å². The molecular formula is C21H25N5O6. The number of amides is 1. The van der Waals surface area contributed by atoms with E-state index in [1.165, 1.54) is 6.92 Å². The van der Waals surface area contributed by atoms with Crippen LogP contribution in [-0.2, 0) is 4.84 Å². The number of aliphatic hydroxyl groups is 3. The molecule has 0 unspecified atom stereocenters. The lowest BCUT2D eigenvalue weighted by molar-refractivity contribution is -0.113. The standard InChI is InChI=1S/C21H25N5O6/c1-12(15(28)10-27)32-20-16(19(29)26-31-11-21(30)6-3-7-21)17(23)24-18(25-20)14-5-2-4-13(8-14)9-22/h2,4-5,8,12,15,27-28,30H,3,6-7,10-11H2,1H3,(H,26,29)(H2,23,24,25)/t12-,15-/m0/s1. The molecule has 1 heterocycles. The first-order valence-corrected chi connectivity index (χ1v) is 10.0. The minimum atomic E-state index is -1.24. The minimum Gasteiger partial charge on any atom is -0.471 e. The zero-order chi connectivity index (χ0) is 23.3. The van der Waals surface area contributed by atoms with E-state index in [1.54, 1.807) is 24.3 Å². The summed E-state index contributed by atoms with van der Waals surface area (Å²) < 4.78 is 5.63. The van der Waals surface area contributed by atoms with Crippen molar-refractivity contribution in [3.05, 3.63) is 35.4 Å². The van der Waals surface area contributed by atoms with Gasteiger partial charge in [0.05, 0.1) is 23.8 Å². The fourth-order valence-electron chi connectivity index (χ4n) is 3.03. The Kier molecular flexibility index (Phi) is 7.22. The van der Waals surface area contributed by atoms with Gasteiger partial charge in [0.15, 0.2) is 5.82 Å². The molecule has 1 aromatic carbocycles. The number of hydrogen-bond acceptors (Lipinski definition) is 10. The molecule has 1 aliphatic carbocycles. The number of hydrogen-bond donors (Lipinski definition) is 5. The van der Waals surface area contributed by atoms with Gasteiger partial charge in [-0.25, -0.2) is 10.5 Å². The third-order valence-electron chi connectivity index (χ3n) is 5.20. The van der Waals surface area contributed by atoms with Crippen LogP contribution in [0.5, 0.6) is 5.88 Å². The SMILES string of the molecule is C[C@H](Oc1nc(-c2cccc(C#N)c2)nc(N)c1C(=O)NOCC1(O)CCC1)[C@@H](O)CO. The summed E-state index contributed by atoms with van der Waals surface area (Å²) in [5.41, 5.74) is 7.88. The second-order valence-corrected chi connectivity index (χ2v) is 7.68. The van der Waals surface area contributed by atoms with Crippen LogP contribution in [0.15, 0.2) is 24.3 Å². The summed E-state index contributed by atoms with van der Waals surface area (Å²) in [4.78, 5) is 26.3. The second-order valence-electron chi connectivity index (χ2n) is 7.68. The van der Waals surface area contributed by atoms with Crippen molar-refractivity contribution in [2.75, 3.05) is 18.9 Å². The van der Waals surface area contributed by atoms with E-state index >= 15 is 0 Å². The summed E-state index contributed by atoms with van der Waals surface area (Å²) >= 11 is 0. The molecule has 0 saturated heterocycles. The van der Waals surface area contributed by atoms with Crippen LogP contribution in [0.3, 0.4) is 0 Å². The van der Waals surface area contributed by atoms with Crippen LogP contribution >= 0.6 is 0 Å². The van der Waals surface area contributed by atoms with E-state index in [0.29, 0.717) is 24.0 Å². The normalized spacial score (nSPS) is 16.3. The molecule has 0 radical (unpaired) electrons. The predicted molar refractivity (Wildman–Crippen MR) is 112 cm³/mol. The van der Waals surface area contributed by atoms with Crippen molar-refractivity contribution in [2.24, 2.45) is 0 Å². The van der Waals surface area contributed by atoms with Gasteiger partial charge in [0.25, 0.3) is 5.91 Å². The first-order chi connectivity index (χ1) is 15.3. The van der Waals surface area contributed by atoms with E-state index in [1.807, 2.05) is 6.07 Å². The third-order valence-corrected chi connectivity index (χ3v) is 5.20. The summed E-state index contributed by atoms with van der Waals surface area (Å²) in [6, 6.07) is 8.48. The van der Waals surface area contributed by atoms with Crippen molar-refractivity contribution in [1.29, 1.82) is 5.26 Å². The predicted octanol–water partition coefficient (Wildman–Crippen LogP) is 0.294. The van der Waals surface area contributed by atoms with Gasteiger partial charge in [0.2, 0.25) is 5.88 Å². The van der Waals surface area contributed by atoms with E-state index < -0.39 is 30.3 Å². The summed E-state index contributed by atoms with van der Waals surface area (Å²) in [5.74, 6) is -1.16. The molecule has 32 heavy (non-hydrogen) atoms. The number of benzene rings is 1. The van der Waals surface area contributed by atoms with Crippen LogP contribution < -0.4 is 16.0 Å². The van der Waals surface area contributed by atoms with Gasteiger partial charge in [-0.15, -0.1) is 0 Å². The van der Waals surface area contributed by atoms with E-state index in [9.17, 15) is 20.1 Å². The van der Waals surface area contributed by atoms with E-state index in [0.717, 1.165) is 6.42 Å². The van der Waals surface area contributed by atoms with Crippen molar-refractivity contribution in [2.45, 2.75) is 44.0 Å². The monoisotopic (exact) mass is 443 g/mol. The van der Waals surface area contributed by atoms with Gasteiger partial charge in [0.1, 0.15) is 30.2 Å². The van der Waals surface area contributed by atoms with Crippen molar-refractivity contribution >= 4 is 11.7 Å². The number of hydroxylamine groups is 1. The molecule has 2 atom stereocenters. The first-order valence-electron chi connectivity index (χ1n) is 10.0. The number of nitriles is 1. The van der Waals surface area contributed by atoms with Crippen molar-refractivity contribution in [3.63, 3.8) is 0 Å². The summed E-state index contributed by atoms with van der Waals surface area (Å²) in [6.07, 6.45) is -0.135. The average Bonchev–Trinajstić information content (AvgIpc) is 2.76. The molecule has 2 aromatic rings. The number of carbonyl (C=O) groups is 1. The Balaban J connectivity index is 1.91. The lowest BCUT2D eigenvalue weighted by Crippen LogP contribution is -2.44. The molecule has 0 aliphatic heterocycles. The molecule has 1 amide bonds. The van der Waals surface area contributed by atoms with Crippen molar-refractivity contribution in [1.82, 2.24) is 15.4 Å². The maximum absolute atomic E-state index is 12.7. The number of aliphatic hydroxyl groups excluding tert-OH is 2. The number of nitrogen functional groups attached to an aromatic ring is 1. The Bertz CT molecular complexity index is 1020. The van der Waals surface area contributed by atoms with Gasteiger partial charge in [-0.2, -0.15) is 10.2 Å². The number of aromatic nitrogens is 2. The second kappa shape index (κ2) is 9.88. The van der Waals surface area contributed by atoms with Crippen LogP contribution in [0.1, 0.15) is 42.1 Å². The highest BCUT2D eigenvalue weighted by molar-refractivity contribution is 6.00. The number of anilines is 1. The number of nitrogens with one attached hydrogen (secondary N) is 1. The molecule has 1 fully saturated rings. The van der Waals surface area contributed by atoms with Crippen molar-refractivity contribution < 1.29 is 29.7 Å². The van der Waals surface area contributed by atoms with Gasteiger partial charge in [-0.05, 0) is 38.3 Å². The quantitative estimate of drug-likeness (QED) is 0.338. The third kappa shape index (κ3) is 5.30. The van der Waals surface area contributed by atoms with Crippen molar-refractivity contribution in [3.8, 4) is 23.3 Å². The van der Waals surface area contributed by atoms with Gasteiger partial charge in [-0.3, -0.25) is 9.63 Å². The molecular weight excluding hydrogens is 418 g/mol. The Labute approximate surface area is 184 Å².